The molecule has 4 aromatic rings. The Kier molecular flexibility index (Phi) is 5.67. The molecule has 4 heteroatoms. The van der Waals surface area contributed by atoms with Gasteiger partial charge in [0.05, 0.1) is 18.8 Å². The molecule has 0 saturated carbocycles. The van der Waals surface area contributed by atoms with Crippen molar-refractivity contribution < 1.29 is 4.74 Å². The number of aliphatic imine (C=N–C) groups is 1. The van der Waals surface area contributed by atoms with Crippen LogP contribution < -0.4 is 4.74 Å². The van der Waals surface area contributed by atoms with Crippen molar-refractivity contribution in [2.24, 2.45) is 4.99 Å². The average Bonchev–Trinajstić information content (AvgIpc) is 2.88. The van der Waals surface area contributed by atoms with Crippen LogP contribution in [0.2, 0.25) is 0 Å². The smallest absolute Gasteiger partial charge is 0.137 e. The summed E-state index contributed by atoms with van der Waals surface area (Å²) in [6.45, 7) is 0.801. The molecule has 0 fully saturated rings. The third-order valence-electron chi connectivity index (χ3n) is 5.82. The van der Waals surface area contributed by atoms with E-state index in [-0.39, 0.29) is 6.04 Å². The van der Waals surface area contributed by atoms with Crippen LogP contribution >= 0.6 is 0 Å². The van der Waals surface area contributed by atoms with Gasteiger partial charge in [0.25, 0.3) is 0 Å². The Morgan fingerprint density at radius 1 is 0.844 bits per heavy atom. The summed E-state index contributed by atoms with van der Waals surface area (Å²) >= 11 is 0. The SMILES string of the molecule is COc1ccc2c(c1)N=C(c1ccccc1)N(CCc1ccccn1)C2c1ccccc1. The molecule has 0 N–H and O–H groups in total. The zero-order valence-corrected chi connectivity index (χ0v) is 18.1. The molecule has 4 nitrogen and oxygen atoms in total. The van der Waals surface area contributed by atoms with Crippen LogP contribution in [-0.2, 0) is 6.42 Å². The van der Waals surface area contributed by atoms with Crippen LogP contribution in [0.4, 0.5) is 5.69 Å². The third-order valence-corrected chi connectivity index (χ3v) is 5.82. The van der Waals surface area contributed by atoms with Gasteiger partial charge in [-0.05, 0) is 23.8 Å². The van der Waals surface area contributed by atoms with Crippen molar-refractivity contribution in [3.05, 3.63) is 126 Å². The topological polar surface area (TPSA) is 37.7 Å². The van der Waals surface area contributed by atoms with Crippen LogP contribution in [0.1, 0.15) is 28.4 Å². The maximum atomic E-state index is 5.50. The Hall–Kier alpha value is -3.92. The highest BCUT2D eigenvalue weighted by Gasteiger charge is 2.32. The first-order valence-corrected chi connectivity index (χ1v) is 10.9. The van der Waals surface area contributed by atoms with Crippen LogP contribution in [0.3, 0.4) is 0 Å². The first-order chi connectivity index (χ1) is 15.8. The number of benzene rings is 3. The minimum atomic E-state index is 0.0496. The molecule has 1 aliphatic heterocycles. The van der Waals surface area contributed by atoms with E-state index in [1.165, 1.54) is 11.1 Å². The summed E-state index contributed by atoms with van der Waals surface area (Å²) in [7, 11) is 1.69. The normalized spacial score (nSPS) is 15.1. The van der Waals surface area contributed by atoms with E-state index in [1.54, 1.807) is 7.11 Å². The van der Waals surface area contributed by atoms with E-state index in [2.05, 4.69) is 76.6 Å². The van der Waals surface area contributed by atoms with E-state index >= 15 is 0 Å². The summed E-state index contributed by atoms with van der Waals surface area (Å²) in [6.07, 6.45) is 2.69. The Bertz CT molecular complexity index is 1210. The summed E-state index contributed by atoms with van der Waals surface area (Å²) in [5.74, 6) is 1.78. The molecule has 0 radical (unpaired) electrons. The highest BCUT2D eigenvalue weighted by atomic mass is 16.5. The lowest BCUT2D eigenvalue weighted by atomic mass is 9.92. The largest absolute Gasteiger partial charge is 0.497 e. The molecule has 2 heterocycles. The molecule has 0 amide bonds. The molecule has 32 heavy (non-hydrogen) atoms. The van der Waals surface area contributed by atoms with Gasteiger partial charge >= 0.3 is 0 Å². The first kappa shape index (κ1) is 20.0. The fraction of sp³-hybridized carbons (Fsp3) is 0.143. The lowest BCUT2D eigenvalue weighted by molar-refractivity contribution is 0.354. The second-order valence-electron chi connectivity index (χ2n) is 7.80. The van der Waals surface area contributed by atoms with E-state index in [9.17, 15) is 0 Å². The minimum Gasteiger partial charge on any atom is -0.497 e. The highest BCUT2D eigenvalue weighted by molar-refractivity contribution is 6.02. The lowest BCUT2D eigenvalue weighted by Crippen LogP contribution is -2.39. The second kappa shape index (κ2) is 9.06. The van der Waals surface area contributed by atoms with Crippen molar-refractivity contribution in [1.82, 2.24) is 9.88 Å². The van der Waals surface area contributed by atoms with E-state index in [4.69, 9.17) is 9.73 Å². The second-order valence-corrected chi connectivity index (χ2v) is 7.80. The molecular formula is C28H25N3O. The molecule has 1 unspecified atom stereocenters. The van der Waals surface area contributed by atoms with Crippen molar-refractivity contribution in [2.45, 2.75) is 12.5 Å². The van der Waals surface area contributed by atoms with Crippen LogP contribution in [-0.4, -0.2) is 29.4 Å². The third kappa shape index (κ3) is 4.00. The van der Waals surface area contributed by atoms with Crippen LogP contribution in [0.15, 0.2) is 108 Å². The Labute approximate surface area is 188 Å². The molecular weight excluding hydrogens is 394 g/mol. The highest BCUT2D eigenvalue weighted by Crippen LogP contribution is 2.41. The van der Waals surface area contributed by atoms with Crippen molar-refractivity contribution in [3.63, 3.8) is 0 Å². The van der Waals surface area contributed by atoms with Crippen LogP contribution in [0.25, 0.3) is 0 Å². The predicted molar refractivity (Wildman–Crippen MR) is 129 cm³/mol. The molecule has 1 aromatic heterocycles. The quantitative estimate of drug-likeness (QED) is 0.395. The van der Waals surface area contributed by atoms with Gasteiger partial charge in [0.1, 0.15) is 11.6 Å². The van der Waals surface area contributed by atoms with Gasteiger partial charge in [-0.15, -0.1) is 0 Å². The van der Waals surface area contributed by atoms with Crippen LogP contribution in [0, 0.1) is 0 Å². The number of methoxy groups -OCH3 is 1. The number of aromatic nitrogens is 1. The maximum absolute atomic E-state index is 5.50. The van der Waals surface area contributed by atoms with E-state index in [0.29, 0.717) is 0 Å². The van der Waals surface area contributed by atoms with Gasteiger partial charge in [-0.2, -0.15) is 0 Å². The Morgan fingerprint density at radius 2 is 1.59 bits per heavy atom. The molecule has 0 aliphatic carbocycles. The standard InChI is InChI=1S/C28H25N3O/c1-32-24-15-16-25-26(20-24)30-28(22-12-6-3-7-13-22)31(19-17-23-14-8-9-18-29-23)27(25)21-10-4-2-5-11-21/h2-16,18,20,27H,17,19H2,1H3. The van der Waals surface area contributed by atoms with E-state index in [1.807, 2.05) is 36.5 Å². The lowest BCUT2D eigenvalue weighted by Gasteiger charge is -2.39. The van der Waals surface area contributed by atoms with Gasteiger partial charge in [0.15, 0.2) is 0 Å². The molecule has 0 bridgehead atoms. The van der Waals surface area contributed by atoms with Crippen LogP contribution in [0.5, 0.6) is 5.75 Å². The molecule has 5 rings (SSSR count). The fourth-order valence-electron chi connectivity index (χ4n) is 4.28. The molecule has 0 spiro atoms. The molecule has 1 aliphatic rings. The summed E-state index contributed by atoms with van der Waals surface area (Å²) in [6, 6.07) is 33.4. The molecule has 158 valence electrons. The number of nitrogens with zero attached hydrogens (tertiary/aromatic N) is 3. The summed E-state index contributed by atoms with van der Waals surface area (Å²) in [4.78, 5) is 12.1. The number of rotatable bonds is 6. The van der Waals surface area contributed by atoms with Gasteiger partial charge in [0, 0.05) is 42.0 Å². The van der Waals surface area contributed by atoms with Crippen molar-refractivity contribution in [2.75, 3.05) is 13.7 Å². The Balaban J connectivity index is 1.65. The van der Waals surface area contributed by atoms with E-state index in [0.717, 1.165) is 41.5 Å². The van der Waals surface area contributed by atoms with Gasteiger partial charge in [-0.25, -0.2) is 4.99 Å². The predicted octanol–water partition coefficient (Wildman–Crippen LogP) is 5.82. The number of hydrogen-bond acceptors (Lipinski definition) is 4. The zero-order valence-electron chi connectivity index (χ0n) is 18.1. The van der Waals surface area contributed by atoms with Crippen molar-refractivity contribution in [1.29, 1.82) is 0 Å². The van der Waals surface area contributed by atoms with Crippen molar-refractivity contribution >= 4 is 11.5 Å². The molecule has 1 atom stereocenters. The number of amidine groups is 1. The number of pyridine rings is 1. The maximum Gasteiger partial charge on any atom is 0.137 e. The molecule has 0 saturated heterocycles. The molecule has 3 aromatic carbocycles. The number of fused-ring (bicyclic) bond motifs is 1. The first-order valence-electron chi connectivity index (χ1n) is 10.9. The average molecular weight is 420 g/mol. The monoisotopic (exact) mass is 419 g/mol. The Morgan fingerprint density at radius 3 is 2.31 bits per heavy atom. The van der Waals surface area contributed by atoms with Gasteiger partial charge in [-0.3, -0.25) is 4.98 Å². The zero-order chi connectivity index (χ0) is 21.8. The number of hydrogen-bond donors (Lipinski definition) is 0. The van der Waals surface area contributed by atoms with Gasteiger partial charge in [-0.1, -0.05) is 72.8 Å². The summed E-state index contributed by atoms with van der Waals surface area (Å²) < 4.78 is 5.50. The van der Waals surface area contributed by atoms with Gasteiger partial charge < -0.3 is 9.64 Å². The van der Waals surface area contributed by atoms with Gasteiger partial charge in [0.2, 0.25) is 0 Å². The van der Waals surface area contributed by atoms with Crippen molar-refractivity contribution in [3.8, 4) is 5.75 Å². The minimum absolute atomic E-state index is 0.0496. The number of ether oxygens (including phenoxy) is 1. The summed E-state index contributed by atoms with van der Waals surface area (Å²) in [5, 5.41) is 0. The summed E-state index contributed by atoms with van der Waals surface area (Å²) in [5.41, 5.74) is 5.54. The van der Waals surface area contributed by atoms with E-state index < -0.39 is 0 Å². The fourth-order valence-corrected chi connectivity index (χ4v) is 4.28.